The molecular weight excluding hydrogens is 222 g/mol. The summed E-state index contributed by atoms with van der Waals surface area (Å²) in [5.74, 6) is -0.466. The van der Waals surface area contributed by atoms with Crippen molar-refractivity contribution >= 4 is 29.0 Å². The second-order valence-corrected chi connectivity index (χ2v) is 4.87. The number of hydrogen-bond donors (Lipinski definition) is 3. The van der Waals surface area contributed by atoms with E-state index in [0.717, 1.165) is 12.2 Å². The van der Waals surface area contributed by atoms with Crippen LogP contribution in [0.25, 0.3) is 0 Å². The number of amides is 1. The minimum Gasteiger partial charge on any atom is -0.399 e. The maximum Gasteiger partial charge on any atom is 0.250 e. The predicted molar refractivity (Wildman–Crippen MR) is 70.8 cm³/mol. The first-order chi connectivity index (χ1) is 7.54. The molecule has 1 atom stereocenters. The summed E-state index contributed by atoms with van der Waals surface area (Å²) in [6.07, 6.45) is 2.05. The Morgan fingerprint density at radius 2 is 2.25 bits per heavy atom. The van der Waals surface area contributed by atoms with Gasteiger partial charge < -0.3 is 16.8 Å². The van der Waals surface area contributed by atoms with Crippen LogP contribution in [-0.2, 0) is 0 Å². The summed E-state index contributed by atoms with van der Waals surface area (Å²) in [5, 5.41) is 3.67. The van der Waals surface area contributed by atoms with Gasteiger partial charge in [0.05, 0.1) is 5.56 Å². The fraction of sp³-hybridized carbons (Fsp3) is 0.364. The van der Waals surface area contributed by atoms with Crippen LogP contribution in [-0.4, -0.2) is 24.0 Å². The minimum absolute atomic E-state index is 0.438. The standard InChI is InChI=1S/C11H17N3OS/c1-7(16-2)6-14-10-4-3-8(12)5-9(10)11(13)15/h3-5,7,14H,6,12H2,1-2H3,(H2,13,15). The number of nitrogen functional groups attached to an aromatic ring is 1. The van der Waals surface area contributed by atoms with E-state index in [9.17, 15) is 4.79 Å². The molecule has 0 aliphatic heterocycles. The van der Waals surface area contributed by atoms with Crippen molar-refractivity contribution in [1.82, 2.24) is 0 Å². The molecule has 1 aromatic rings. The lowest BCUT2D eigenvalue weighted by Gasteiger charge is -2.13. The van der Waals surface area contributed by atoms with Crippen molar-refractivity contribution < 1.29 is 4.79 Å². The average Bonchev–Trinajstić information content (AvgIpc) is 2.26. The summed E-state index contributed by atoms with van der Waals surface area (Å²) in [6.45, 7) is 2.89. The Balaban J connectivity index is 2.82. The molecule has 0 bridgehead atoms. The number of benzene rings is 1. The third kappa shape index (κ3) is 3.34. The molecule has 1 rings (SSSR count). The van der Waals surface area contributed by atoms with Crippen molar-refractivity contribution in [1.29, 1.82) is 0 Å². The van der Waals surface area contributed by atoms with Gasteiger partial charge in [0.15, 0.2) is 0 Å². The Bertz CT molecular complexity index is 381. The van der Waals surface area contributed by atoms with Crippen molar-refractivity contribution in [2.45, 2.75) is 12.2 Å². The van der Waals surface area contributed by atoms with Crippen LogP contribution in [0.4, 0.5) is 11.4 Å². The Morgan fingerprint density at radius 3 is 2.81 bits per heavy atom. The average molecular weight is 239 g/mol. The van der Waals surface area contributed by atoms with E-state index in [0.29, 0.717) is 16.5 Å². The van der Waals surface area contributed by atoms with Crippen LogP contribution in [0.1, 0.15) is 17.3 Å². The van der Waals surface area contributed by atoms with Gasteiger partial charge >= 0.3 is 0 Å². The first kappa shape index (κ1) is 12.7. The summed E-state index contributed by atoms with van der Waals surface area (Å²) < 4.78 is 0. The van der Waals surface area contributed by atoms with Crippen LogP contribution in [0.2, 0.25) is 0 Å². The number of nitrogens with one attached hydrogen (secondary N) is 1. The number of primary amides is 1. The molecule has 0 spiro atoms. The molecule has 4 nitrogen and oxygen atoms in total. The minimum atomic E-state index is -0.466. The zero-order valence-corrected chi connectivity index (χ0v) is 10.3. The van der Waals surface area contributed by atoms with Crippen LogP contribution < -0.4 is 16.8 Å². The van der Waals surface area contributed by atoms with Gasteiger partial charge in [-0.1, -0.05) is 6.92 Å². The van der Waals surface area contributed by atoms with Gasteiger partial charge in [0.1, 0.15) is 0 Å². The van der Waals surface area contributed by atoms with Gasteiger partial charge in [0.25, 0.3) is 5.91 Å². The Labute approximate surface area is 99.8 Å². The highest BCUT2D eigenvalue weighted by molar-refractivity contribution is 7.99. The van der Waals surface area contributed by atoms with Crippen LogP contribution >= 0.6 is 11.8 Å². The number of anilines is 2. The zero-order chi connectivity index (χ0) is 12.1. The quantitative estimate of drug-likeness (QED) is 0.681. The zero-order valence-electron chi connectivity index (χ0n) is 9.49. The number of carbonyl (C=O) groups excluding carboxylic acids is 1. The van der Waals surface area contributed by atoms with Crippen molar-refractivity contribution in [3.63, 3.8) is 0 Å². The van der Waals surface area contributed by atoms with Crippen LogP contribution in [0.5, 0.6) is 0 Å². The highest BCUT2D eigenvalue weighted by Gasteiger charge is 2.09. The maximum atomic E-state index is 11.2. The van der Waals surface area contributed by atoms with Gasteiger partial charge in [-0.15, -0.1) is 0 Å². The predicted octanol–water partition coefficient (Wildman–Crippen LogP) is 1.53. The van der Waals surface area contributed by atoms with Crippen LogP contribution in [0.15, 0.2) is 18.2 Å². The largest absolute Gasteiger partial charge is 0.399 e. The van der Waals surface area contributed by atoms with E-state index in [1.807, 2.05) is 6.26 Å². The number of hydrogen-bond acceptors (Lipinski definition) is 4. The molecule has 88 valence electrons. The smallest absolute Gasteiger partial charge is 0.250 e. The molecule has 0 saturated carbocycles. The molecular formula is C11H17N3OS. The highest BCUT2D eigenvalue weighted by atomic mass is 32.2. The van der Waals surface area contributed by atoms with Gasteiger partial charge in [0.2, 0.25) is 0 Å². The Kier molecular flexibility index (Phi) is 4.49. The van der Waals surface area contributed by atoms with Crippen LogP contribution in [0, 0.1) is 0 Å². The van der Waals surface area contributed by atoms with E-state index in [1.165, 1.54) is 0 Å². The van der Waals surface area contributed by atoms with E-state index in [1.54, 1.807) is 30.0 Å². The monoisotopic (exact) mass is 239 g/mol. The van der Waals surface area contributed by atoms with Crippen molar-refractivity contribution in [2.75, 3.05) is 23.9 Å². The summed E-state index contributed by atoms with van der Waals surface area (Å²) in [5.41, 5.74) is 12.6. The first-order valence-corrected chi connectivity index (χ1v) is 6.29. The molecule has 16 heavy (non-hydrogen) atoms. The second kappa shape index (κ2) is 5.65. The van der Waals surface area contributed by atoms with Crippen LogP contribution in [0.3, 0.4) is 0 Å². The van der Waals surface area contributed by atoms with E-state index in [4.69, 9.17) is 11.5 Å². The second-order valence-electron chi connectivity index (χ2n) is 3.60. The molecule has 5 heteroatoms. The van der Waals surface area contributed by atoms with E-state index in [2.05, 4.69) is 12.2 Å². The molecule has 1 unspecified atom stereocenters. The van der Waals surface area contributed by atoms with E-state index >= 15 is 0 Å². The lowest BCUT2D eigenvalue weighted by Crippen LogP contribution is -2.18. The SMILES string of the molecule is CSC(C)CNc1ccc(N)cc1C(N)=O. The molecule has 5 N–H and O–H groups in total. The first-order valence-electron chi connectivity index (χ1n) is 5.00. The lowest BCUT2D eigenvalue weighted by molar-refractivity contribution is 0.100. The van der Waals surface area contributed by atoms with E-state index < -0.39 is 5.91 Å². The third-order valence-electron chi connectivity index (χ3n) is 2.29. The molecule has 1 aromatic carbocycles. The number of carbonyl (C=O) groups is 1. The van der Waals surface area contributed by atoms with Gasteiger partial charge in [-0.25, -0.2) is 0 Å². The van der Waals surface area contributed by atoms with E-state index in [-0.39, 0.29) is 0 Å². The molecule has 0 aliphatic carbocycles. The Hall–Kier alpha value is -1.36. The highest BCUT2D eigenvalue weighted by Crippen LogP contribution is 2.19. The third-order valence-corrected chi connectivity index (χ3v) is 3.26. The summed E-state index contributed by atoms with van der Waals surface area (Å²) in [4.78, 5) is 11.2. The fourth-order valence-corrected chi connectivity index (χ4v) is 1.51. The lowest BCUT2D eigenvalue weighted by atomic mass is 10.1. The molecule has 0 heterocycles. The summed E-state index contributed by atoms with van der Waals surface area (Å²) in [6, 6.07) is 5.12. The normalized spacial score (nSPS) is 12.1. The molecule has 0 radical (unpaired) electrons. The number of rotatable bonds is 5. The van der Waals surface area contributed by atoms with Gasteiger partial charge in [-0.3, -0.25) is 4.79 Å². The van der Waals surface area contributed by atoms with Gasteiger partial charge in [-0.05, 0) is 24.5 Å². The molecule has 0 aromatic heterocycles. The number of thioether (sulfide) groups is 1. The molecule has 1 amide bonds. The van der Waals surface area contributed by atoms with Gasteiger partial charge in [-0.2, -0.15) is 11.8 Å². The van der Waals surface area contributed by atoms with Gasteiger partial charge in [0, 0.05) is 23.2 Å². The van der Waals surface area contributed by atoms with Crippen molar-refractivity contribution in [3.05, 3.63) is 23.8 Å². The summed E-state index contributed by atoms with van der Waals surface area (Å²) in [7, 11) is 0. The topological polar surface area (TPSA) is 81.1 Å². The Morgan fingerprint density at radius 1 is 1.56 bits per heavy atom. The van der Waals surface area contributed by atoms with Crippen molar-refractivity contribution in [2.24, 2.45) is 5.73 Å². The van der Waals surface area contributed by atoms with Crippen molar-refractivity contribution in [3.8, 4) is 0 Å². The molecule has 0 fully saturated rings. The molecule has 0 saturated heterocycles. The summed E-state index contributed by atoms with van der Waals surface area (Å²) >= 11 is 1.76. The molecule has 0 aliphatic rings. The fourth-order valence-electron chi connectivity index (χ4n) is 1.26. The maximum absolute atomic E-state index is 11.2. The number of nitrogens with two attached hydrogens (primary N) is 2.